The summed E-state index contributed by atoms with van der Waals surface area (Å²) in [5.74, 6) is 0.0905. The first-order valence-electron chi connectivity index (χ1n) is 6.90. The lowest BCUT2D eigenvalue weighted by Gasteiger charge is -2.16. The molecule has 2 atom stereocenters. The largest absolute Gasteiger partial charge is 0.381 e. The molecule has 0 unspecified atom stereocenters. The van der Waals surface area contributed by atoms with Gasteiger partial charge in [0.1, 0.15) is 0 Å². The monoisotopic (exact) mass is 298 g/mol. The third kappa shape index (κ3) is 3.58. The summed E-state index contributed by atoms with van der Waals surface area (Å²) in [7, 11) is -3.28. The number of nitrogens with two attached hydrogens (primary N) is 1. The van der Waals surface area contributed by atoms with Crippen LogP contribution in [0, 0.1) is 0 Å². The van der Waals surface area contributed by atoms with Crippen molar-refractivity contribution in [2.75, 3.05) is 32.1 Å². The van der Waals surface area contributed by atoms with Gasteiger partial charge >= 0.3 is 0 Å². The van der Waals surface area contributed by atoms with Gasteiger partial charge in [-0.25, -0.2) is 8.42 Å². The fourth-order valence-electron chi connectivity index (χ4n) is 2.51. The molecule has 112 valence electrons. The molecule has 0 radical (unpaired) electrons. The Bertz CT molecular complexity index is 518. The molecular weight excluding hydrogens is 276 g/mol. The smallest absolute Gasteiger partial charge is 0.216 e. The van der Waals surface area contributed by atoms with Crippen LogP contribution in [0.5, 0.6) is 0 Å². The van der Waals surface area contributed by atoms with Crippen LogP contribution >= 0.6 is 0 Å². The van der Waals surface area contributed by atoms with Gasteiger partial charge in [0, 0.05) is 31.7 Å². The van der Waals surface area contributed by atoms with E-state index in [9.17, 15) is 8.42 Å². The van der Waals surface area contributed by atoms with Crippen molar-refractivity contribution in [3.8, 4) is 0 Å². The summed E-state index contributed by atoms with van der Waals surface area (Å²) >= 11 is 0. The first kappa shape index (κ1) is 15.4. The van der Waals surface area contributed by atoms with Crippen molar-refractivity contribution in [2.45, 2.75) is 18.9 Å². The van der Waals surface area contributed by atoms with Gasteiger partial charge in [0.25, 0.3) is 0 Å². The van der Waals surface area contributed by atoms with E-state index >= 15 is 0 Å². The minimum Gasteiger partial charge on any atom is -0.381 e. The van der Waals surface area contributed by atoms with E-state index in [1.54, 1.807) is 0 Å². The highest BCUT2D eigenvalue weighted by Crippen LogP contribution is 2.28. The third-order valence-electron chi connectivity index (χ3n) is 3.64. The molecule has 1 aliphatic rings. The maximum atomic E-state index is 12.2. The van der Waals surface area contributed by atoms with Crippen LogP contribution in [0.25, 0.3) is 0 Å². The molecule has 1 aromatic carbocycles. The number of hydrogen-bond donors (Lipinski definition) is 1. The lowest BCUT2D eigenvalue weighted by Crippen LogP contribution is -2.34. The summed E-state index contributed by atoms with van der Waals surface area (Å²) in [5.41, 5.74) is 7.22. The zero-order chi connectivity index (χ0) is 14.6. The lowest BCUT2D eigenvalue weighted by molar-refractivity contribution is 0.162. The quantitative estimate of drug-likeness (QED) is 0.788. The summed E-state index contributed by atoms with van der Waals surface area (Å²) < 4.78 is 31.1. The van der Waals surface area contributed by atoms with Crippen molar-refractivity contribution >= 4 is 10.0 Å². The van der Waals surface area contributed by atoms with Gasteiger partial charge in [-0.3, -0.25) is 0 Å². The number of rotatable bonds is 6. The summed E-state index contributed by atoms with van der Waals surface area (Å²) in [6.45, 7) is 3.46. The second-order valence-electron chi connectivity index (χ2n) is 5.01. The molecule has 5 nitrogen and oxygen atoms in total. The van der Waals surface area contributed by atoms with Crippen molar-refractivity contribution in [1.82, 2.24) is 4.31 Å². The predicted octanol–water partition coefficient (Wildman–Crippen LogP) is 0.779. The first-order valence-corrected chi connectivity index (χ1v) is 8.51. The Labute approximate surface area is 120 Å². The van der Waals surface area contributed by atoms with E-state index in [2.05, 4.69) is 0 Å². The third-order valence-corrected chi connectivity index (χ3v) is 5.41. The van der Waals surface area contributed by atoms with Crippen molar-refractivity contribution in [3.63, 3.8) is 0 Å². The molecule has 0 bridgehead atoms. The van der Waals surface area contributed by atoms with Crippen molar-refractivity contribution < 1.29 is 13.2 Å². The molecule has 2 rings (SSSR count). The minimum absolute atomic E-state index is 0.0229. The Morgan fingerprint density at radius 2 is 2.00 bits per heavy atom. The maximum absolute atomic E-state index is 12.2. The molecule has 2 N–H and O–H groups in total. The number of benzene rings is 1. The van der Waals surface area contributed by atoms with Crippen molar-refractivity contribution in [1.29, 1.82) is 0 Å². The highest BCUT2D eigenvalue weighted by Gasteiger charge is 2.37. The van der Waals surface area contributed by atoms with Crippen LogP contribution in [-0.2, 0) is 14.8 Å². The van der Waals surface area contributed by atoms with Gasteiger partial charge < -0.3 is 10.5 Å². The first-order chi connectivity index (χ1) is 9.54. The number of sulfonamides is 1. The van der Waals surface area contributed by atoms with Crippen LogP contribution in [0.3, 0.4) is 0 Å². The lowest BCUT2D eigenvalue weighted by atomic mass is 9.95. The summed E-state index contributed by atoms with van der Waals surface area (Å²) in [6.07, 6.45) is 0. The van der Waals surface area contributed by atoms with Crippen LogP contribution in [-0.4, -0.2) is 50.8 Å². The Morgan fingerprint density at radius 3 is 2.65 bits per heavy atom. The summed E-state index contributed by atoms with van der Waals surface area (Å²) in [5, 5.41) is 0. The zero-order valence-corrected chi connectivity index (χ0v) is 12.6. The topological polar surface area (TPSA) is 72.6 Å². The Morgan fingerprint density at radius 1 is 1.30 bits per heavy atom. The maximum Gasteiger partial charge on any atom is 0.216 e. The van der Waals surface area contributed by atoms with Crippen LogP contribution in [0.4, 0.5) is 0 Å². The van der Waals surface area contributed by atoms with Crippen molar-refractivity contribution in [3.05, 3.63) is 35.9 Å². The number of nitrogens with zero attached hydrogens (tertiary/aromatic N) is 1. The van der Waals surface area contributed by atoms with E-state index in [1.165, 1.54) is 4.31 Å². The van der Waals surface area contributed by atoms with Crippen LogP contribution in [0.1, 0.15) is 18.4 Å². The van der Waals surface area contributed by atoms with Gasteiger partial charge in [-0.15, -0.1) is 0 Å². The minimum atomic E-state index is -3.28. The molecule has 1 fully saturated rings. The van der Waals surface area contributed by atoms with E-state index in [1.807, 2.05) is 37.3 Å². The molecule has 20 heavy (non-hydrogen) atoms. The van der Waals surface area contributed by atoms with Gasteiger partial charge in [-0.2, -0.15) is 4.31 Å². The van der Waals surface area contributed by atoms with E-state index in [0.29, 0.717) is 19.7 Å². The van der Waals surface area contributed by atoms with Gasteiger partial charge in [0.05, 0.1) is 12.4 Å². The Hall–Kier alpha value is -0.950. The molecule has 0 saturated carbocycles. The van der Waals surface area contributed by atoms with E-state index < -0.39 is 10.0 Å². The van der Waals surface area contributed by atoms with Crippen LogP contribution in [0.2, 0.25) is 0 Å². The summed E-state index contributed by atoms with van der Waals surface area (Å²) in [6, 6.07) is 9.70. The molecular formula is C14H22N2O3S. The van der Waals surface area contributed by atoms with E-state index in [0.717, 1.165) is 5.56 Å². The molecule has 6 heteroatoms. The molecule has 0 aromatic heterocycles. The molecule has 0 aliphatic carbocycles. The normalized spacial score (nSPS) is 24.1. The van der Waals surface area contributed by atoms with Gasteiger partial charge in [0.15, 0.2) is 0 Å². The highest BCUT2D eigenvalue weighted by atomic mass is 32.2. The average molecular weight is 298 g/mol. The van der Waals surface area contributed by atoms with E-state index in [-0.39, 0.29) is 24.3 Å². The molecule has 1 saturated heterocycles. The second kappa shape index (κ2) is 6.67. The van der Waals surface area contributed by atoms with Crippen molar-refractivity contribution in [2.24, 2.45) is 5.73 Å². The fraction of sp³-hybridized carbons (Fsp3) is 0.571. The molecule has 1 heterocycles. The molecule has 0 amide bonds. The highest BCUT2D eigenvalue weighted by molar-refractivity contribution is 7.89. The standard InChI is InChI=1S/C14H22N2O3S/c1-2-19-8-9-20(17,18)16-10-13(14(15)11-16)12-6-4-3-5-7-12/h3-7,13-14H,2,8-11,15H2,1H3/t13-,14+/m0/s1. The van der Waals surface area contributed by atoms with Crippen LogP contribution < -0.4 is 5.73 Å². The van der Waals surface area contributed by atoms with Gasteiger partial charge in [0.2, 0.25) is 10.0 Å². The predicted molar refractivity (Wildman–Crippen MR) is 79.0 cm³/mol. The fourth-order valence-corrected chi connectivity index (χ4v) is 3.88. The Kier molecular flexibility index (Phi) is 5.15. The van der Waals surface area contributed by atoms with Crippen LogP contribution in [0.15, 0.2) is 30.3 Å². The second-order valence-corrected chi connectivity index (χ2v) is 7.10. The van der Waals surface area contributed by atoms with Gasteiger partial charge in [-0.1, -0.05) is 30.3 Å². The SMILES string of the molecule is CCOCCS(=O)(=O)N1C[C@@H](N)[C@H](c2ccccc2)C1. The molecule has 1 aromatic rings. The summed E-state index contributed by atoms with van der Waals surface area (Å²) in [4.78, 5) is 0. The Balaban J connectivity index is 2.03. The van der Waals surface area contributed by atoms with E-state index in [4.69, 9.17) is 10.5 Å². The average Bonchev–Trinajstić information content (AvgIpc) is 2.83. The van der Waals surface area contributed by atoms with Gasteiger partial charge in [-0.05, 0) is 12.5 Å². The molecule has 0 spiro atoms. The molecule has 1 aliphatic heterocycles. The number of hydrogen-bond acceptors (Lipinski definition) is 4. The zero-order valence-electron chi connectivity index (χ0n) is 11.7. The number of ether oxygens (including phenoxy) is 1.